The summed E-state index contributed by atoms with van der Waals surface area (Å²) in [5.74, 6) is 0.764. The lowest BCUT2D eigenvalue weighted by molar-refractivity contribution is 0.0219. The van der Waals surface area contributed by atoms with Crippen molar-refractivity contribution in [3.8, 4) is 0 Å². The van der Waals surface area contributed by atoms with Gasteiger partial charge in [0.15, 0.2) is 0 Å². The Balaban J connectivity index is 1.90. The minimum Gasteiger partial charge on any atom is -0.366 e. The van der Waals surface area contributed by atoms with Crippen LogP contribution in [0, 0.1) is 11.8 Å². The number of carbonyl (C=O) groups excluding carboxylic acids is 2. The number of rotatable bonds is 4. The van der Waals surface area contributed by atoms with E-state index >= 15 is 0 Å². The minimum absolute atomic E-state index is 0.124. The van der Waals surface area contributed by atoms with Gasteiger partial charge in [0.05, 0.1) is 0 Å². The molecule has 4 heteroatoms. The zero-order valence-electron chi connectivity index (χ0n) is 16.1. The van der Waals surface area contributed by atoms with E-state index in [4.69, 9.17) is 5.73 Å². The van der Waals surface area contributed by atoms with Crippen LogP contribution in [-0.4, -0.2) is 28.8 Å². The fourth-order valence-corrected chi connectivity index (χ4v) is 4.89. The van der Waals surface area contributed by atoms with Gasteiger partial charge < -0.3 is 10.6 Å². The highest BCUT2D eigenvalue weighted by atomic mass is 16.2. The van der Waals surface area contributed by atoms with Crippen molar-refractivity contribution in [2.45, 2.75) is 77.3 Å². The molecule has 2 aliphatic carbocycles. The van der Waals surface area contributed by atoms with Crippen LogP contribution in [0.4, 0.5) is 0 Å². The first-order valence-corrected chi connectivity index (χ1v) is 10.2. The van der Waals surface area contributed by atoms with E-state index in [9.17, 15) is 9.59 Å². The van der Waals surface area contributed by atoms with Gasteiger partial charge in [-0.3, -0.25) is 9.59 Å². The molecule has 2 amide bonds. The van der Waals surface area contributed by atoms with Crippen LogP contribution in [0.25, 0.3) is 0 Å². The summed E-state index contributed by atoms with van der Waals surface area (Å²) in [5.41, 5.74) is 6.46. The molecule has 0 aromatic heterocycles. The Hall–Kier alpha value is -1.84. The first kappa shape index (κ1) is 18.9. The molecule has 0 bridgehead atoms. The molecule has 2 aliphatic rings. The van der Waals surface area contributed by atoms with E-state index in [-0.39, 0.29) is 5.91 Å². The van der Waals surface area contributed by atoms with Gasteiger partial charge in [-0.1, -0.05) is 39.5 Å². The molecule has 1 aromatic carbocycles. The molecule has 0 radical (unpaired) electrons. The average molecular weight is 357 g/mol. The number of nitrogens with two attached hydrogens (primary N) is 1. The molecule has 26 heavy (non-hydrogen) atoms. The van der Waals surface area contributed by atoms with Gasteiger partial charge in [-0.15, -0.1) is 0 Å². The zero-order valence-corrected chi connectivity index (χ0v) is 16.1. The number of nitrogens with zero attached hydrogens (tertiary/aromatic N) is 1. The number of amides is 2. The normalized spacial score (nSPS) is 29.2. The third kappa shape index (κ3) is 3.94. The van der Waals surface area contributed by atoms with Crippen LogP contribution in [0.2, 0.25) is 0 Å². The van der Waals surface area contributed by atoms with Gasteiger partial charge >= 0.3 is 0 Å². The third-order valence-electron chi connectivity index (χ3n) is 6.50. The summed E-state index contributed by atoms with van der Waals surface area (Å²) >= 11 is 0. The monoisotopic (exact) mass is 356 g/mol. The highest BCUT2D eigenvalue weighted by Crippen LogP contribution is 2.36. The first-order valence-electron chi connectivity index (χ1n) is 10.2. The molecular formula is C22H32N2O2. The maximum absolute atomic E-state index is 13.5. The third-order valence-corrected chi connectivity index (χ3v) is 6.50. The van der Waals surface area contributed by atoms with Crippen LogP contribution in [0.1, 0.15) is 85.9 Å². The first-order chi connectivity index (χ1) is 12.5. The van der Waals surface area contributed by atoms with Crippen molar-refractivity contribution in [3.63, 3.8) is 0 Å². The van der Waals surface area contributed by atoms with Crippen molar-refractivity contribution in [2.75, 3.05) is 0 Å². The SMILES string of the molecule is CC1CCCCC1N(C(=O)c1ccc(C(N)=O)cc1)C1CCCCC1C. The lowest BCUT2D eigenvalue weighted by Crippen LogP contribution is -2.53. The van der Waals surface area contributed by atoms with Gasteiger partial charge in [-0.2, -0.15) is 0 Å². The van der Waals surface area contributed by atoms with E-state index in [0.29, 0.717) is 35.0 Å². The van der Waals surface area contributed by atoms with Gasteiger partial charge in [-0.25, -0.2) is 0 Å². The summed E-state index contributed by atoms with van der Waals surface area (Å²) in [7, 11) is 0. The number of hydrogen-bond donors (Lipinski definition) is 1. The van der Waals surface area contributed by atoms with Crippen LogP contribution in [-0.2, 0) is 0 Å². The van der Waals surface area contributed by atoms with E-state index in [1.807, 2.05) is 0 Å². The predicted molar refractivity (Wildman–Crippen MR) is 104 cm³/mol. The molecule has 142 valence electrons. The summed E-state index contributed by atoms with van der Waals surface area (Å²) in [5, 5.41) is 0. The Morgan fingerprint density at radius 3 is 1.65 bits per heavy atom. The van der Waals surface area contributed by atoms with Crippen molar-refractivity contribution < 1.29 is 9.59 Å². The molecule has 2 saturated carbocycles. The Kier molecular flexibility index (Phi) is 6.00. The summed E-state index contributed by atoms with van der Waals surface area (Å²) < 4.78 is 0. The molecule has 4 unspecified atom stereocenters. The summed E-state index contributed by atoms with van der Waals surface area (Å²) in [6.45, 7) is 4.60. The van der Waals surface area contributed by atoms with Gasteiger partial charge in [0, 0.05) is 23.2 Å². The summed E-state index contributed by atoms with van der Waals surface area (Å²) in [6, 6.07) is 7.52. The lowest BCUT2D eigenvalue weighted by Gasteiger charge is -2.46. The molecule has 4 nitrogen and oxygen atoms in total. The molecule has 3 rings (SSSR count). The quantitative estimate of drug-likeness (QED) is 0.870. The fraction of sp³-hybridized carbons (Fsp3) is 0.636. The molecule has 0 saturated heterocycles. The maximum atomic E-state index is 13.5. The topological polar surface area (TPSA) is 63.4 Å². The Labute approximate surface area is 157 Å². The highest BCUT2D eigenvalue weighted by molar-refractivity contribution is 5.97. The molecule has 2 fully saturated rings. The zero-order chi connectivity index (χ0) is 18.7. The Morgan fingerprint density at radius 2 is 1.23 bits per heavy atom. The van der Waals surface area contributed by atoms with Crippen LogP contribution in [0.3, 0.4) is 0 Å². The van der Waals surface area contributed by atoms with Crippen molar-refractivity contribution in [1.82, 2.24) is 4.90 Å². The summed E-state index contributed by atoms with van der Waals surface area (Å²) in [6.07, 6.45) is 9.58. The van der Waals surface area contributed by atoms with E-state index in [1.54, 1.807) is 24.3 Å². The van der Waals surface area contributed by atoms with Gasteiger partial charge in [0.1, 0.15) is 0 Å². The predicted octanol–water partition coefficient (Wildman–Crippen LogP) is 4.39. The van der Waals surface area contributed by atoms with Crippen molar-refractivity contribution in [1.29, 1.82) is 0 Å². The second-order valence-corrected chi connectivity index (χ2v) is 8.31. The minimum atomic E-state index is -0.456. The van der Waals surface area contributed by atoms with Crippen LogP contribution in [0.5, 0.6) is 0 Å². The number of hydrogen-bond acceptors (Lipinski definition) is 2. The Morgan fingerprint density at radius 1 is 0.808 bits per heavy atom. The average Bonchev–Trinajstić information content (AvgIpc) is 2.65. The second-order valence-electron chi connectivity index (χ2n) is 8.31. The van der Waals surface area contributed by atoms with Crippen molar-refractivity contribution in [2.24, 2.45) is 17.6 Å². The fourth-order valence-electron chi connectivity index (χ4n) is 4.89. The van der Waals surface area contributed by atoms with Crippen LogP contribution in [0.15, 0.2) is 24.3 Å². The smallest absolute Gasteiger partial charge is 0.254 e. The molecular weight excluding hydrogens is 324 g/mol. The summed E-state index contributed by atoms with van der Waals surface area (Å²) in [4.78, 5) is 27.1. The van der Waals surface area contributed by atoms with Crippen LogP contribution < -0.4 is 5.73 Å². The second kappa shape index (κ2) is 8.24. The van der Waals surface area contributed by atoms with Crippen molar-refractivity contribution >= 4 is 11.8 Å². The molecule has 0 aliphatic heterocycles. The van der Waals surface area contributed by atoms with E-state index in [0.717, 1.165) is 12.8 Å². The van der Waals surface area contributed by atoms with Gasteiger partial charge in [-0.05, 0) is 61.8 Å². The molecule has 0 spiro atoms. The molecule has 1 aromatic rings. The standard InChI is InChI=1S/C22H32N2O2/c1-15-7-3-5-9-19(15)24(20-10-6-4-8-16(20)2)22(26)18-13-11-17(12-14-18)21(23)25/h11-16,19-20H,3-10H2,1-2H3,(H2,23,25). The highest BCUT2D eigenvalue weighted by Gasteiger charge is 2.38. The Bertz CT molecular complexity index is 618. The van der Waals surface area contributed by atoms with Crippen molar-refractivity contribution in [3.05, 3.63) is 35.4 Å². The number of primary amides is 1. The molecule has 2 N–H and O–H groups in total. The number of carbonyl (C=O) groups is 2. The lowest BCUT2D eigenvalue weighted by atomic mass is 9.79. The molecule has 4 atom stereocenters. The maximum Gasteiger partial charge on any atom is 0.254 e. The van der Waals surface area contributed by atoms with E-state index < -0.39 is 5.91 Å². The van der Waals surface area contributed by atoms with Gasteiger partial charge in [0.2, 0.25) is 5.91 Å². The van der Waals surface area contributed by atoms with E-state index in [2.05, 4.69) is 18.7 Å². The largest absolute Gasteiger partial charge is 0.366 e. The van der Waals surface area contributed by atoms with E-state index in [1.165, 1.54) is 38.5 Å². The number of benzene rings is 1. The van der Waals surface area contributed by atoms with Crippen LogP contribution >= 0.6 is 0 Å². The molecule has 0 heterocycles. The van der Waals surface area contributed by atoms with Gasteiger partial charge in [0.25, 0.3) is 5.91 Å².